The van der Waals surface area contributed by atoms with Crippen molar-refractivity contribution in [3.05, 3.63) is 0 Å². The van der Waals surface area contributed by atoms with Crippen molar-refractivity contribution in [3.8, 4) is 0 Å². The normalized spacial score (nSPS) is 30.3. The first-order valence-corrected chi connectivity index (χ1v) is 9.56. The van der Waals surface area contributed by atoms with E-state index in [0.29, 0.717) is 5.41 Å². The van der Waals surface area contributed by atoms with Crippen LogP contribution in [0.15, 0.2) is 0 Å². The topological polar surface area (TPSA) is 15.3 Å². The third-order valence-electron chi connectivity index (χ3n) is 6.11. The van der Waals surface area contributed by atoms with Crippen LogP contribution in [-0.2, 0) is 0 Å². The molecule has 0 aromatic carbocycles. The minimum Gasteiger partial charge on any atom is -0.316 e. The molecule has 0 aromatic heterocycles. The van der Waals surface area contributed by atoms with Crippen molar-refractivity contribution in [2.75, 3.05) is 26.7 Å². The molecule has 2 heteroatoms. The number of nitrogens with one attached hydrogen (secondary N) is 1. The molecule has 0 aliphatic heterocycles. The standard InChI is InChI=1S/C19H38N2/c1-4-20-15-19(13-7-5-6-8-14-19)16-21(3)18-11-9-17(2)10-12-18/h17-18,20H,4-16H2,1-3H3. The average Bonchev–Trinajstić information content (AvgIpc) is 2.72. The molecule has 0 heterocycles. The van der Waals surface area contributed by atoms with Crippen LogP contribution in [0.25, 0.3) is 0 Å². The van der Waals surface area contributed by atoms with Crippen LogP contribution in [0.3, 0.4) is 0 Å². The smallest absolute Gasteiger partial charge is 0.00926 e. The predicted molar refractivity (Wildman–Crippen MR) is 92.7 cm³/mol. The Balaban J connectivity index is 1.93. The fourth-order valence-corrected chi connectivity index (χ4v) is 4.60. The molecule has 0 atom stereocenters. The van der Waals surface area contributed by atoms with Crippen LogP contribution >= 0.6 is 0 Å². The summed E-state index contributed by atoms with van der Waals surface area (Å²) in [7, 11) is 2.40. The first kappa shape index (κ1) is 17.3. The lowest BCUT2D eigenvalue weighted by Crippen LogP contribution is -2.46. The second kappa shape index (κ2) is 8.53. The maximum atomic E-state index is 3.68. The molecular weight excluding hydrogens is 256 g/mol. The molecule has 0 aromatic rings. The maximum absolute atomic E-state index is 3.68. The molecule has 2 aliphatic rings. The van der Waals surface area contributed by atoms with Gasteiger partial charge in [-0.05, 0) is 63.5 Å². The van der Waals surface area contributed by atoms with Gasteiger partial charge in [0.05, 0.1) is 0 Å². The molecule has 0 saturated heterocycles. The van der Waals surface area contributed by atoms with E-state index < -0.39 is 0 Å². The lowest BCUT2D eigenvalue weighted by molar-refractivity contribution is 0.0907. The van der Waals surface area contributed by atoms with Gasteiger partial charge in [0.1, 0.15) is 0 Å². The number of hydrogen-bond donors (Lipinski definition) is 1. The van der Waals surface area contributed by atoms with Crippen molar-refractivity contribution in [2.24, 2.45) is 11.3 Å². The van der Waals surface area contributed by atoms with Crippen LogP contribution in [0.2, 0.25) is 0 Å². The Bertz CT molecular complexity index is 273. The second-order valence-electron chi connectivity index (χ2n) is 8.02. The minimum absolute atomic E-state index is 0.546. The summed E-state index contributed by atoms with van der Waals surface area (Å²) in [6.07, 6.45) is 14.4. The maximum Gasteiger partial charge on any atom is 0.00926 e. The van der Waals surface area contributed by atoms with E-state index in [2.05, 4.69) is 31.1 Å². The summed E-state index contributed by atoms with van der Waals surface area (Å²) in [5.74, 6) is 0.961. The molecule has 0 bridgehead atoms. The van der Waals surface area contributed by atoms with E-state index in [1.807, 2.05) is 0 Å². The SMILES string of the molecule is CCNCC1(CN(C)C2CCC(C)CC2)CCCCCC1. The first-order valence-electron chi connectivity index (χ1n) is 9.56. The van der Waals surface area contributed by atoms with Gasteiger partial charge in [-0.1, -0.05) is 39.5 Å². The highest BCUT2D eigenvalue weighted by atomic mass is 15.1. The lowest BCUT2D eigenvalue weighted by atomic mass is 9.78. The minimum atomic E-state index is 0.546. The molecule has 2 saturated carbocycles. The van der Waals surface area contributed by atoms with Crippen molar-refractivity contribution < 1.29 is 0 Å². The Labute approximate surface area is 133 Å². The Morgan fingerprint density at radius 1 is 1.00 bits per heavy atom. The number of rotatable bonds is 6. The molecule has 0 unspecified atom stereocenters. The molecule has 0 amide bonds. The van der Waals surface area contributed by atoms with Crippen molar-refractivity contribution >= 4 is 0 Å². The van der Waals surface area contributed by atoms with Gasteiger partial charge < -0.3 is 10.2 Å². The van der Waals surface area contributed by atoms with E-state index in [0.717, 1.165) is 18.5 Å². The zero-order valence-corrected chi connectivity index (χ0v) is 14.8. The monoisotopic (exact) mass is 294 g/mol. The molecule has 2 nitrogen and oxygen atoms in total. The zero-order valence-electron chi connectivity index (χ0n) is 14.8. The van der Waals surface area contributed by atoms with Gasteiger partial charge in [-0.3, -0.25) is 0 Å². The highest BCUT2D eigenvalue weighted by molar-refractivity contribution is 4.88. The molecular formula is C19H38N2. The van der Waals surface area contributed by atoms with Crippen LogP contribution in [0.5, 0.6) is 0 Å². The predicted octanol–water partition coefficient (Wildman–Crippen LogP) is 4.45. The van der Waals surface area contributed by atoms with Gasteiger partial charge in [0, 0.05) is 19.1 Å². The summed E-state index contributed by atoms with van der Waals surface area (Å²) in [6.45, 7) is 8.34. The first-order chi connectivity index (χ1) is 10.2. The van der Waals surface area contributed by atoms with Gasteiger partial charge in [0.25, 0.3) is 0 Å². The van der Waals surface area contributed by atoms with Gasteiger partial charge >= 0.3 is 0 Å². The van der Waals surface area contributed by atoms with Crippen LogP contribution in [0.1, 0.15) is 78.1 Å². The third kappa shape index (κ3) is 5.25. The molecule has 2 aliphatic carbocycles. The van der Waals surface area contributed by atoms with Crippen molar-refractivity contribution in [1.29, 1.82) is 0 Å². The van der Waals surface area contributed by atoms with E-state index in [9.17, 15) is 0 Å². The Hall–Kier alpha value is -0.0800. The summed E-state index contributed by atoms with van der Waals surface area (Å²) in [5.41, 5.74) is 0.546. The molecule has 0 radical (unpaired) electrons. The van der Waals surface area contributed by atoms with Gasteiger partial charge in [0.15, 0.2) is 0 Å². The van der Waals surface area contributed by atoms with Gasteiger partial charge in [-0.2, -0.15) is 0 Å². The van der Waals surface area contributed by atoms with Crippen LogP contribution < -0.4 is 5.32 Å². The Morgan fingerprint density at radius 3 is 2.19 bits per heavy atom. The van der Waals surface area contributed by atoms with E-state index in [1.165, 1.54) is 77.3 Å². The van der Waals surface area contributed by atoms with E-state index >= 15 is 0 Å². The lowest BCUT2D eigenvalue weighted by Gasteiger charge is -2.41. The summed E-state index contributed by atoms with van der Waals surface area (Å²) in [4.78, 5) is 2.73. The highest BCUT2D eigenvalue weighted by Crippen LogP contribution is 2.37. The molecule has 0 spiro atoms. The van der Waals surface area contributed by atoms with E-state index in [-0.39, 0.29) is 0 Å². The zero-order chi connectivity index (χ0) is 15.1. The van der Waals surface area contributed by atoms with E-state index in [4.69, 9.17) is 0 Å². The van der Waals surface area contributed by atoms with Crippen molar-refractivity contribution in [3.63, 3.8) is 0 Å². The summed E-state index contributed by atoms with van der Waals surface area (Å²) in [6, 6.07) is 0.850. The molecule has 124 valence electrons. The number of hydrogen-bond acceptors (Lipinski definition) is 2. The van der Waals surface area contributed by atoms with E-state index in [1.54, 1.807) is 0 Å². The van der Waals surface area contributed by atoms with Gasteiger partial charge in [-0.15, -0.1) is 0 Å². The van der Waals surface area contributed by atoms with Crippen molar-refractivity contribution in [2.45, 2.75) is 84.1 Å². The van der Waals surface area contributed by atoms with Gasteiger partial charge in [0.2, 0.25) is 0 Å². The second-order valence-corrected chi connectivity index (χ2v) is 8.02. The Kier molecular flexibility index (Phi) is 7.01. The number of nitrogens with zero attached hydrogens (tertiary/aromatic N) is 1. The third-order valence-corrected chi connectivity index (χ3v) is 6.11. The summed E-state index contributed by atoms with van der Waals surface area (Å²) in [5, 5.41) is 3.68. The molecule has 21 heavy (non-hydrogen) atoms. The highest BCUT2D eigenvalue weighted by Gasteiger charge is 2.34. The largest absolute Gasteiger partial charge is 0.316 e. The molecule has 1 N–H and O–H groups in total. The fourth-order valence-electron chi connectivity index (χ4n) is 4.60. The fraction of sp³-hybridized carbons (Fsp3) is 1.00. The summed E-state index contributed by atoms with van der Waals surface area (Å²) >= 11 is 0. The van der Waals surface area contributed by atoms with Crippen molar-refractivity contribution in [1.82, 2.24) is 10.2 Å². The van der Waals surface area contributed by atoms with Gasteiger partial charge in [-0.25, -0.2) is 0 Å². The quantitative estimate of drug-likeness (QED) is 0.728. The molecule has 2 fully saturated rings. The summed E-state index contributed by atoms with van der Waals surface area (Å²) < 4.78 is 0. The Morgan fingerprint density at radius 2 is 1.62 bits per heavy atom. The van der Waals surface area contributed by atoms with Crippen LogP contribution in [0.4, 0.5) is 0 Å². The average molecular weight is 295 g/mol. The molecule has 2 rings (SSSR count). The van der Waals surface area contributed by atoms with Crippen LogP contribution in [-0.4, -0.2) is 37.6 Å². The van der Waals surface area contributed by atoms with Crippen LogP contribution in [0, 0.1) is 11.3 Å².